The molecule has 5 heteroatoms. The molecule has 1 aromatic carbocycles. The van der Waals surface area contributed by atoms with E-state index in [9.17, 15) is 4.79 Å². The minimum atomic E-state index is -0.975. The van der Waals surface area contributed by atoms with Gasteiger partial charge in [0, 0.05) is 18.6 Å². The molecule has 0 spiro atoms. The van der Waals surface area contributed by atoms with E-state index in [1.54, 1.807) is 12.1 Å². The molecule has 0 amide bonds. The number of hydrogen-bond donors (Lipinski definition) is 3. The number of nitrogens with one attached hydrogen (secondary N) is 1. The van der Waals surface area contributed by atoms with Crippen LogP contribution in [0, 0.1) is 0 Å². The van der Waals surface area contributed by atoms with Crippen molar-refractivity contribution in [1.82, 2.24) is 4.90 Å². The molecule has 20 heavy (non-hydrogen) atoms. The minimum Gasteiger partial charge on any atom is -0.478 e. The van der Waals surface area contributed by atoms with Crippen LogP contribution in [0.4, 0.5) is 11.4 Å². The third kappa shape index (κ3) is 2.45. The number of para-hydroxylation sites is 1. The zero-order valence-electron chi connectivity index (χ0n) is 11.5. The molecule has 2 heterocycles. The summed E-state index contributed by atoms with van der Waals surface area (Å²) in [6.07, 6.45) is 4.79. The molecule has 0 aromatic heterocycles. The second kappa shape index (κ2) is 5.32. The summed E-state index contributed by atoms with van der Waals surface area (Å²) < 4.78 is 0. The van der Waals surface area contributed by atoms with Gasteiger partial charge in [0.05, 0.1) is 16.9 Å². The van der Waals surface area contributed by atoms with Crippen molar-refractivity contribution in [2.24, 2.45) is 0 Å². The molecule has 0 aliphatic carbocycles. The Labute approximate surface area is 118 Å². The van der Waals surface area contributed by atoms with E-state index in [0.29, 0.717) is 17.8 Å². The van der Waals surface area contributed by atoms with Gasteiger partial charge in [-0.25, -0.2) is 4.79 Å². The molecule has 2 atom stereocenters. The number of aromatic carboxylic acids is 1. The van der Waals surface area contributed by atoms with Crippen molar-refractivity contribution < 1.29 is 9.90 Å². The Hall–Kier alpha value is -1.75. The number of hydrogen-bond acceptors (Lipinski definition) is 4. The van der Waals surface area contributed by atoms with Crippen molar-refractivity contribution >= 4 is 17.3 Å². The summed E-state index contributed by atoms with van der Waals surface area (Å²) in [5.74, 6) is -0.975. The molecular formula is C15H21N3O2. The lowest BCUT2D eigenvalue weighted by Gasteiger charge is -2.35. The lowest BCUT2D eigenvalue weighted by molar-refractivity contribution is 0.0698. The second-order valence-corrected chi connectivity index (χ2v) is 5.77. The summed E-state index contributed by atoms with van der Waals surface area (Å²) in [6.45, 7) is 2.36. The Morgan fingerprint density at radius 2 is 2.20 bits per heavy atom. The molecule has 2 fully saturated rings. The zero-order valence-corrected chi connectivity index (χ0v) is 11.5. The summed E-state index contributed by atoms with van der Waals surface area (Å²) in [5.41, 5.74) is 7.22. The van der Waals surface area contributed by atoms with Crippen LogP contribution in [0.25, 0.3) is 0 Å². The van der Waals surface area contributed by atoms with Crippen LogP contribution >= 0.6 is 0 Å². The van der Waals surface area contributed by atoms with Crippen LogP contribution in [0.3, 0.4) is 0 Å². The predicted octanol–water partition coefficient (Wildman–Crippen LogP) is 2.01. The number of fused-ring (bicyclic) bond motifs is 1. The fraction of sp³-hybridized carbons (Fsp3) is 0.533. The first-order chi connectivity index (χ1) is 9.65. The third-order valence-electron chi connectivity index (χ3n) is 4.52. The van der Waals surface area contributed by atoms with Crippen LogP contribution in [-0.4, -0.2) is 41.1 Å². The Morgan fingerprint density at radius 1 is 1.35 bits per heavy atom. The maximum atomic E-state index is 11.1. The number of nitrogens with two attached hydrogens (primary N) is 1. The highest BCUT2D eigenvalue weighted by Gasteiger charge is 2.31. The number of benzene rings is 1. The van der Waals surface area contributed by atoms with Crippen molar-refractivity contribution in [3.05, 3.63) is 23.8 Å². The molecule has 2 aliphatic rings. The van der Waals surface area contributed by atoms with Crippen LogP contribution in [0.5, 0.6) is 0 Å². The second-order valence-electron chi connectivity index (χ2n) is 5.77. The number of carbonyl (C=O) groups is 1. The van der Waals surface area contributed by atoms with Gasteiger partial charge in [0.2, 0.25) is 0 Å². The van der Waals surface area contributed by atoms with Crippen molar-refractivity contribution in [2.75, 3.05) is 24.1 Å². The van der Waals surface area contributed by atoms with E-state index in [-0.39, 0.29) is 5.56 Å². The van der Waals surface area contributed by atoms with Gasteiger partial charge in [-0.2, -0.15) is 0 Å². The molecule has 1 aromatic rings. The van der Waals surface area contributed by atoms with Gasteiger partial charge < -0.3 is 21.1 Å². The number of anilines is 2. The number of nitrogens with zero attached hydrogens (tertiary/aromatic N) is 1. The average molecular weight is 275 g/mol. The summed E-state index contributed by atoms with van der Waals surface area (Å²) in [5, 5.41) is 12.5. The van der Waals surface area contributed by atoms with Gasteiger partial charge in [-0.1, -0.05) is 6.07 Å². The van der Waals surface area contributed by atoms with Crippen LogP contribution < -0.4 is 11.1 Å². The van der Waals surface area contributed by atoms with E-state index in [0.717, 1.165) is 25.1 Å². The highest BCUT2D eigenvalue weighted by molar-refractivity contribution is 5.97. The molecule has 2 aliphatic heterocycles. The molecule has 2 unspecified atom stereocenters. The van der Waals surface area contributed by atoms with Gasteiger partial charge in [-0.05, 0) is 44.4 Å². The number of carboxylic acid groups (broad SMARTS) is 1. The number of piperidine rings is 1. The molecule has 5 nitrogen and oxygen atoms in total. The monoisotopic (exact) mass is 275 g/mol. The van der Waals surface area contributed by atoms with E-state index in [2.05, 4.69) is 10.2 Å². The Bertz CT molecular complexity index is 518. The summed E-state index contributed by atoms with van der Waals surface area (Å²) in [6, 6.07) is 6.23. The van der Waals surface area contributed by atoms with E-state index >= 15 is 0 Å². The van der Waals surface area contributed by atoms with Crippen molar-refractivity contribution in [3.63, 3.8) is 0 Å². The summed E-state index contributed by atoms with van der Waals surface area (Å²) >= 11 is 0. The maximum Gasteiger partial charge on any atom is 0.337 e. The normalized spacial score (nSPS) is 26.2. The molecule has 2 saturated heterocycles. The first-order valence-corrected chi connectivity index (χ1v) is 7.27. The standard InChI is InChI=1S/C15H21N3O2/c16-14-12(15(19)20)4-1-5-13(14)17-10-6-8-18-7-2-3-11(18)9-10/h1,4-5,10-11,17H,2-3,6-9,16H2,(H,19,20). The van der Waals surface area contributed by atoms with Crippen LogP contribution in [0.2, 0.25) is 0 Å². The van der Waals surface area contributed by atoms with Gasteiger partial charge in [0.25, 0.3) is 0 Å². The Kier molecular flexibility index (Phi) is 3.53. The third-order valence-corrected chi connectivity index (χ3v) is 4.52. The smallest absolute Gasteiger partial charge is 0.337 e. The van der Waals surface area contributed by atoms with Gasteiger partial charge in [-0.3, -0.25) is 0 Å². The lowest BCUT2D eigenvalue weighted by Crippen LogP contribution is -2.42. The van der Waals surface area contributed by atoms with E-state index < -0.39 is 5.97 Å². The lowest BCUT2D eigenvalue weighted by atomic mass is 9.97. The van der Waals surface area contributed by atoms with E-state index in [1.807, 2.05) is 6.07 Å². The SMILES string of the molecule is Nc1c(NC2CCN3CCCC3C2)cccc1C(=O)O. The molecule has 0 bridgehead atoms. The highest BCUT2D eigenvalue weighted by Crippen LogP contribution is 2.30. The first kappa shape index (κ1) is 13.2. The number of nitrogen functional groups attached to an aromatic ring is 1. The maximum absolute atomic E-state index is 11.1. The van der Waals surface area contributed by atoms with Crippen LogP contribution in [0.1, 0.15) is 36.0 Å². The Morgan fingerprint density at radius 3 is 3.00 bits per heavy atom. The van der Waals surface area contributed by atoms with E-state index in [1.165, 1.54) is 19.4 Å². The van der Waals surface area contributed by atoms with Gasteiger partial charge in [-0.15, -0.1) is 0 Å². The van der Waals surface area contributed by atoms with Gasteiger partial charge in [0.1, 0.15) is 0 Å². The fourth-order valence-electron chi connectivity index (χ4n) is 3.45. The molecule has 4 N–H and O–H groups in total. The van der Waals surface area contributed by atoms with E-state index in [4.69, 9.17) is 10.8 Å². The fourth-order valence-corrected chi connectivity index (χ4v) is 3.45. The Balaban J connectivity index is 1.72. The van der Waals surface area contributed by atoms with Crippen LogP contribution in [0.15, 0.2) is 18.2 Å². The van der Waals surface area contributed by atoms with Crippen molar-refractivity contribution in [3.8, 4) is 0 Å². The zero-order chi connectivity index (χ0) is 14.1. The summed E-state index contributed by atoms with van der Waals surface area (Å²) in [4.78, 5) is 13.7. The number of rotatable bonds is 3. The van der Waals surface area contributed by atoms with Crippen molar-refractivity contribution in [2.45, 2.75) is 37.8 Å². The van der Waals surface area contributed by atoms with Gasteiger partial charge in [0.15, 0.2) is 0 Å². The molecular weight excluding hydrogens is 254 g/mol. The quantitative estimate of drug-likeness (QED) is 0.735. The average Bonchev–Trinajstić information content (AvgIpc) is 2.88. The largest absolute Gasteiger partial charge is 0.478 e. The molecule has 0 radical (unpaired) electrons. The summed E-state index contributed by atoms with van der Waals surface area (Å²) in [7, 11) is 0. The minimum absolute atomic E-state index is 0.174. The van der Waals surface area contributed by atoms with Gasteiger partial charge >= 0.3 is 5.97 Å². The number of carboxylic acids is 1. The molecule has 0 saturated carbocycles. The predicted molar refractivity (Wildman–Crippen MR) is 79.1 cm³/mol. The molecule has 3 rings (SSSR count). The topological polar surface area (TPSA) is 78.6 Å². The van der Waals surface area contributed by atoms with Crippen molar-refractivity contribution in [1.29, 1.82) is 0 Å². The first-order valence-electron chi connectivity index (χ1n) is 7.27. The highest BCUT2D eigenvalue weighted by atomic mass is 16.4. The van der Waals surface area contributed by atoms with Crippen LogP contribution in [-0.2, 0) is 0 Å². The molecule has 108 valence electrons.